The summed E-state index contributed by atoms with van der Waals surface area (Å²) >= 11 is 0. The van der Waals surface area contributed by atoms with Crippen molar-refractivity contribution < 1.29 is 42.8 Å². The van der Waals surface area contributed by atoms with Crippen LogP contribution >= 0.6 is 0 Å². The number of ether oxygens (including phenoxy) is 6. The van der Waals surface area contributed by atoms with Gasteiger partial charge in [0.25, 0.3) is 0 Å². The number of carbonyl (C=O) groups excluding carboxylic acids is 3. The van der Waals surface area contributed by atoms with Crippen LogP contribution in [0.1, 0.15) is 27.2 Å². The van der Waals surface area contributed by atoms with Crippen LogP contribution in [0.15, 0.2) is 0 Å². The van der Waals surface area contributed by atoms with Crippen LogP contribution in [0.5, 0.6) is 0 Å². The molecule has 0 bridgehead atoms. The lowest BCUT2D eigenvalue weighted by Gasteiger charge is -2.15. The Kier molecular flexibility index (Phi) is 19.5. The van der Waals surface area contributed by atoms with Gasteiger partial charge in [0.2, 0.25) is 5.91 Å². The van der Waals surface area contributed by atoms with Gasteiger partial charge in [-0.1, -0.05) is 6.92 Å². The van der Waals surface area contributed by atoms with Crippen molar-refractivity contribution in [1.82, 2.24) is 5.32 Å². The number of nitrogens with one attached hydrogen (secondary N) is 1. The van der Waals surface area contributed by atoms with Gasteiger partial charge in [-0.2, -0.15) is 0 Å². The fraction of sp³-hybridized carbons (Fsp3) is 0.857. The maximum atomic E-state index is 11.9. The summed E-state index contributed by atoms with van der Waals surface area (Å²) in [6.07, 6.45) is 0.0620. The van der Waals surface area contributed by atoms with Crippen LogP contribution in [0.2, 0.25) is 0 Å². The number of hydrogen-bond acceptors (Lipinski definition) is 9. The Morgan fingerprint density at radius 1 is 0.710 bits per heavy atom. The Hall–Kier alpha value is -1.43. The summed E-state index contributed by atoms with van der Waals surface area (Å²) in [5, 5.41) is 2.58. The molecule has 0 unspecified atom stereocenters. The maximum Gasteiger partial charge on any atom is 0.223 e. The fourth-order valence-corrected chi connectivity index (χ4v) is 2.16. The standard InChI is InChI=1S/C21H39NO9/c1-17(21(25)22-18(2)19(3)23)15-20(24)16-31-14-13-30-12-11-29-10-9-28-8-7-27-6-5-26-4/h17-18H,5-16H2,1-4H3,(H,22,25)/t17-,18+/m0/s1. The molecule has 0 aliphatic heterocycles. The molecule has 10 nitrogen and oxygen atoms in total. The molecule has 0 saturated carbocycles. The van der Waals surface area contributed by atoms with Gasteiger partial charge in [0.1, 0.15) is 6.61 Å². The Balaban J connectivity index is 3.44. The highest BCUT2D eigenvalue weighted by Crippen LogP contribution is 2.04. The highest BCUT2D eigenvalue weighted by atomic mass is 16.6. The van der Waals surface area contributed by atoms with Crippen molar-refractivity contribution in [2.24, 2.45) is 5.92 Å². The van der Waals surface area contributed by atoms with Crippen LogP contribution in [-0.2, 0) is 42.8 Å². The predicted molar refractivity (Wildman–Crippen MR) is 113 cm³/mol. The van der Waals surface area contributed by atoms with E-state index < -0.39 is 12.0 Å². The quantitative estimate of drug-likeness (QED) is 0.234. The van der Waals surface area contributed by atoms with Crippen LogP contribution in [0, 0.1) is 5.92 Å². The van der Waals surface area contributed by atoms with E-state index in [2.05, 4.69) is 5.32 Å². The van der Waals surface area contributed by atoms with E-state index >= 15 is 0 Å². The molecule has 0 heterocycles. The Morgan fingerprint density at radius 2 is 1.13 bits per heavy atom. The minimum atomic E-state index is -0.555. The number of Topliss-reactive ketones (excluding diaryl/α,β-unsaturated/α-hetero) is 2. The van der Waals surface area contributed by atoms with Crippen LogP contribution in [0.25, 0.3) is 0 Å². The van der Waals surface area contributed by atoms with Crippen molar-refractivity contribution in [3.05, 3.63) is 0 Å². The monoisotopic (exact) mass is 449 g/mol. The van der Waals surface area contributed by atoms with E-state index in [1.807, 2.05) is 0 Å². The molecule has 31 heavy (non-hydrogen) atoms. The molecule has 0 rings (SSSR count). The summed E-state index contributed by atoms with van der Waals surface area (Å²) in [6, 6.07) is -0.555. The molecule has 0 aliphatic rings. The SMILES string of the molecule is COCCOCCOCCOCCOCCOCC(=O)C[C@H](C)C(=O)N[C@H](C)C(C)=O. The lowest BCUT2D eigenvalue weighted by Crippen LogP contribution is -2.40. The van der Waals surface area contributed by atoms with Crippen LogP contribution in [0.4, 0.5) is 0 Å². The number of methoxy groups -OCH3 is 1. The van der Waals surface area contributed by atoms with E-state index in [9.17, 15) is 14.4 Å². The van der Waals surface area contributed by atoms with Crippen molar-refractivity contribution in [3.8, 4) is 0 Å². The number of ketones is 2. The zero-order valence-corrected chi connectivity index (χ0v) is 19.3. The van der Waals surface area contributed by atoms with E-state index in [0.717, 1.165) is 0 Å². The molecular weight excluding hydrogens is 410 g/mol. The molecule has 0 aromatic heterocycles. The second-order valence-corrected chi connectivity index (χ2v) is 6.98. The molecule has 0 radical (unpaired) electrons. The molecule has 0 aromatic carbocycles. The van der Waals surface area contributed by atoms with Gasteiger partial charge in [-0.25, -0.2) is 0 Å². The van der Waals surface area contributed by atoms with E-state index in [4.69, 9.17) is 28.4 Å². The zero-order chi connectivity index (χ0) is 23.3. The molecule has 182 valence electrons. The number of amides is 1. The van der Waals surface area contributed by atoms with Gasteiger partial charge in [-0.05, 0) is 13.8 Å². The molecule has 2 atom stereocenters. The van der Waals surface area contributed by atoms with Crippen LogP contribution in [0.3, 0.4) is 0 Å². The lowest BCUT2D eigenvalue weighted by molar-refractivity contribution is -0.132. The molecule has 0 fully saturated rings. The van der Waals surface area contributed by atoms with Crippen LogP contribution in [-0.4, -0.2) is 103 Å². The first kappa shape index (κ1) is 29.6. The first-order chi connectivity index (χ1) is 14.9. The summed E-state index contributed by atoms with van der Waals surface area (Å²) in [6.45, 7) is 9.21. The Bertz CT molecular complexity index is 487. The number of hydrogen-bond donors (Lipinski definition) is 1. The molecular formula is C21H39NO9. The van der Waals surface area contributed by atoms with Crippen molar-refractivity contribution >= 4 is 17.5 Å². The number of rotatable bonds is 22. The summed E-state index contributed by atoms with van der Waals surface area (Å²) in [4.78, 5) is 34.9. The zero-order valence-electron chi connectivity index (χ0n) is 19.3. The summed E-state index contributed by atoms with van der Waals surface area (Å²) in [5.74, 6) is -1.14. The summed E-state index contributed by atoms with van der Waals surface area (Å²) in [5.41, 5.74) is 0. The van der Waals surface area contributed by atoms with Gasteiger partial charge in [-0.15, -0.1) is 0 Å². The average molecular weight is 450 g/mol. The van der Waals surface area contributed by atoms with Gasteiger partial charge < -0.3 is 33.7 Å². The van der Waals surface area contributed by atoms with Crippen LogP contribution < -0.4 is 5.32 Å². The summed E-state index contributed by atoms with van der Waals surface area (Å²) in [7, 11) is 1.63. The third-order valence-electron chi connectivity index (χ3n) is 4.13. The molecule has 0 aromatic rings. The molecule has 1 amide bonds. The Labute approximate surface area is 185 Å². The van der Waals surface area contributed by atoms with E-state index in [-0.39, 0.29) is 37.1 Å². The first-order valence-corrected chi connectivity index (χ1v) is 10.6. The molecule has 0 aliphatic carbocycles. The number of carbonyl (C=O) groups is 3. The molecule has 0 spiro atoms. The Morgan fingerprint density at radius 3 is 1.55 bits per heavy atom. The molecule has 10 heteroatoms. The second-order valence-electron chi connectivity index (χ2n) is 6.98. The minimum Gasteiger partial charge on any atom is -0.382 e. The van der Waals surface area contributed by atoms with Gasteiger partial charge >= 0.3 is 0 Å². The minimum absolute atomic E-state index is 0.0620. The van der Waals surface area contributed by atoms with E-state index in [0.29, 0.717) is 59.5 Å². The largest absolute Gasteiger partial charge is 0.382 e. The highest BCUT2D eigenvalue weighted by molar-refractivity contribution is 5.90. The summed E-state index contributed by atoms with van der Waals surface area (Å²) < 4.78 is 31.4. The van der Waals surface area contributed by atoms with Gasteiger partial charge in [0.15, 0.2) is 11.6 Å². The first-order valence-electron chi connectivity index (χ1n) is 10.6. The second kappa shape index (κ2) is 20.5. The third-order valence-corrected chi connectivity index (χ3v) is 4.13. The maximum absolute atomic E-state index is 11.9. The average Bonchev–Trinajstić information content (AvgIpc) is 2.73. The third kappa shape index (κ3) is 19.0. The van der Waals surface area contributed by atoms with Crippen molar-refractivity contribution in [3.63, 3.8) is 0 Å². The fourth-order valence-electron chi connectivity index (χ4n) is 2.16. The molecule has 0 saturated heterocycles. The van der Waals surface area contributed by atoms with E-state index in [1.54, 1.807) is 21.0 Å². The smallest absolute Gasteiger partial charge is 0.223 e. The van der Waals surface area contributed by atoms with Crippen molar-refractivity contribution in [2.45, 2.75) is 33.2 Å². The van der Waals surface area contributed by atoms with Gasteiger partial charge in [0.05, 0.1) is 72.1 Å². The highest BCUT2D eigenvalue weighted by Gasteiger charge is 2.20. The van der Waals surface area contributed by atoms with Crippen molar-refractivity contribution in [1.29, 1.82) is 0 Å². The predicted octanol–water partition coefficient (Wildman–Crippen LogP) is 0.405. The van der Waals surface area contributed by atoms with Gasteiger partial charge in [-0.3, -0.25) is 14.4 Å². The van der Waals surface area contributed by atoms with E-state index in [1.165, 1.54) is 6.92 Å². The topological polar surface area (TPSA) is 119 Å². The van der Waals surface area contributed by atoms with Crippen molar-refractivity contribution in [2.75, 3.05) is 79.8 Å². The normalized spacial score (nSPS) is 13.0. The molecule has 1 N–H and O–H groups in total. The van der Waals surface area contributed by atoms with Gasteiger partial charge in [0, 0.05) is 19.4 Å². The lowest BCUT2D eigenvalue weighted by atomic mass is 10.0.